The molecule has 1 aliphatic rings. The van der Waals surface area contributed by atoms with Crippen molar-refractivity contribution in [1.82, 2.24) is 5.48 Å². The second-order valence-electron chi connectivity index (χ2n) is 4.73. The number of carbonyl (C=O) groups is 1. The standard InChI is InChI=1S/C11H22N2O2/c1-8(2)9-3-5-10(6-4-9)13-15-7-11(12)14/h8-10,13H,3-7H2,1-2H3,(H2,12,14). The summed E-state index contributed by atoms with van der Waals surface area (Å²) in [6.45, 7) is 4.52. The Kier molecular flexibility index (Phi) is 5.05. The number of carbonyl (C=O) groups excluding carboxylic acids is 1. The van der Waals surface area contributed by atoms with Crippen molar-refractivity contribution >= 4 is 5.91 Å². The number of nitrogens with two attached hydrogens (primary N) is 1. The van der Waals surface area contributed by atoms with E-state index in [-0.39, 0.29) is 6.61 Å². The van der Waals surface area contributed by atoms with Gasteiger partial charge in [-0.1, -0.05) is 13.8 Å². The van der Waals surface area contributed by atoms with Gasteiger partial charge in [-0.25, -0.2) is 0 Å². The van der Waals surface area contributed by atoms with Gasteiger partial charge in [0.2, 0.25) is 5.91 Å². The van der Waals surface area contributed by atoms with Crippen LogP contribution in [0.25, 0.3) is 0 Å². The molecule has 15 heavy (non-hydrogen) atoms. The second-order valence-corrected chi connectivity index (χ2v) is 4.73. The van der Waals surface area contributed by atoms with Crippen molar-refractivity contribution in [2.45, 2.75) is 45.6 Å². The number of rotatable bonds is 5. The van der Waals surface area contributed by atoms with Crippen LogP contribution in [-0.4, -0.2) is 18.6 Å². The van der Waals surface area contributed by atoms with Crippen LogP contribution < -0.4 is 11.2 Å². The Labute approximate surface area is 91.5 Å². The third-order valence-corrected chi connectivity index (χ3v) is 3.18. The van der Waals surface area contributed by atoms with Crippen LogP contribution in [0.3, 0.4) is 0 Å². The molecule has 0 atom stereocenters. The van der Waals surface area contributed by atoms with Gasteiger partial charge in [-0.3, -0.25) is 9.63 Å². The molecule has 0 aliphatic heterocycles. The van der Waals surface area contributed by atoms with Crippen LogP contribution in [0.15, 0.2) is 0 Å². The lowest BCUT2D eigenvalue weighted by Gasteiger charge is -2.30. The van der Waals surface area contributed by atoms with E-state index in [0.717, 1.165) is 24.7 Å². The van der Waals surface area contributed by atoms with Gasteiger partial charge < -0.3 is 5.73 Å². The van der Waals surface area contributed by atoms with Crippen LogP contribution in [0, 0.1) is 11.8 Å². The fourth-order valence-electron chi connectivity index (χ4n) is 2.13. The Morgan fingerprint density at radius 1 is 1.40 bits per heavy atom. The molecule has 0 spiro atoms. The molecule has 0 aromatic rings. The highest BCUT2D eigenvalue weighted by Gasteiger charge is 2.23. The molecule has 1 aliphatic carbocycles. The van der Waals surface area contributed by atoms with Crippen molar-refractivity contribution < 1.29 is 9.63 Å². The third-order valence-electron chi connectivity index (χ3n) is 3.18. The monoisotopic (exact) mass is 214 g/mol. The molecule has 0 aromatic carbocycles. The molecule has 0 bridgehead atoms. The average Bonchev–Trinajstić information content (AvgIpc) is 2.18. The molecule has 1 amide bonds. The highest BCUT2D eigenvalue weighted by molar-refractivity contribution is 5.74. The minimum Gasteiger partial charge on any atom is -0.368 e. The smallest absolute Gasteiger partial charge is 0.245 e. The summed E-state index contributed by atoms with van der Waals surface area (Å²) in [4.78, 5) is 15.4. The average molecular weight is 214 g/mol. The van der Waals surface area contributed by atoms with E-state index in [0.29, 0.717) is 6.04 Å². The number of primary amides is 1. The molecule has 0 radical (unpaired) electrons. The van der Waals surface area contributed by atoms with Crippen LogP contribution in [-0.2, 0) is 9.63 Å². The van der Waals surface area contributed by atoms with E-state index in [1.165, 1.54) is 12.8 Å². The zero-order valence-corrected chi connectivity index (χ0v) is 9.66. The molecule has 0 heterocycles. The maximum Gasteiger partial charge on any atom is 0.245 e. The highest BCUT2D eigenvalue weighted by Crippen LogP contribution is 2.29. The van der Waals surface area contributed by atoms with Crippen molar-refractivity contribution in [2.24, 2.45) is 17.6 Å². The highest BCUT2D eigenvalue weighted by atomic mass is 16.6. The normalized spacial score (nSPS) is 26.9. The molecule has 1 saturated carbocycles. The summed E-state index contributed by atoms with van der Waals surface area (Å²) in [7, 11) is 0. The van der Waals surface area contributed by atoms with E-state index >= 15 is 0 Å². The summed E-state index contributed by atoms with van der Waals surface area (Å²) in [6.07, 6.45) is 4.74. The molecule has 3 N–H and O–H groups in total. The first kappa shape index (κ1) is 12.5. The summed E-state index contributed by atoms with van der Waals surface area (Å²) in [6, 6.07) is 0.388. The van der Waals surface area contributed by atoms with Gasteiger partial charge in [0.1, 0.15) is 6.61 Å². The Balaban J connectivity index is 2.12. The lowest BCUT2D eigenvalue weighted by Crippen LogP contribution is -2.36. The third kappa shape index (κ3) is 4.62. The number of hydrogen-bond acceptors (Lipinski definition) is 3. The SMILES string of the molecule is CC(C)C1CCC(NOCC(N)=O)CC1. The fourth-order valence-corrected chi connectivity index (χ4v) is 2.13. The van der Waals surface area contributed by atoms with Gasteiger partial charge in [0.05, 0.1) is 0 Å². The van der Waals surface area contributed by atoms with Crippen molar-refractivity contribution in [2.75, 3.05) is 6.61 Å². The Hall–Kier alpha value is -0.610. The first-order valence-corrected chi connectivity index (χ1v) is 5.75. The molecule has 0 saturated heterocycles. The van der Waals surface area contributed by atoms with Crippen molar-refractivity contribution in [3.63, 3.8) is 0 Å². The van der Waals surface area contributed by atoms with Crippen LogP contribution in [0.4, 0.5) is 0 Å². The number of hydroxylamine groups is 1. The van der Waals surface area contributed by atoms with Gasteiger partial charge in [0.25, 0.3) is 0 Å². The first-order valence-electron chi connectivity index (χ1n) is 5.75. The van der Waals surface area contributed by atoms with E-state index in [1.807, 2.05) is 0 Å². The van der Waals surface area contributed by atoms with Gasteiger partial charge in [0, 0.05) is 6.04 Å². The molecule has 4 heteroatoms. The van der Waals surface area contributed by atoms with Gasteiger partial charge >= 0.3 is 0 Å². The molecule has 4 nitrogen and oxygen atoms in total. The minimum atomic E-state index is -0.432. The van der Waals surface area contributed by atoms with Crippen LogP contribution >= 0.6 is 0 Å². The van der Waals surface area contributed by atoms with E-state index in [4.69, 9.17) is 10.6 Å². The predicted molar refractivity (Wildman–Crippen MR) is 58.9 cm³/mol. The maximum absolute atomic E-state index is 10.4. The summed E-state index contributed by atoms with van der Waals surface area (Å²) < 4.78 is 0. The number of amides is 1. The molecule has 0 aromatic heterocycles. The Morgan fingerprint density at radius 3 is 2.47 bits per heavy atom. The van der Waals surface area contributed by atoms with E-state index in [2.05, 4.69) is 19.3 Å². The fraction of sp³-hybridized carbons (Fsp3) is 0.909. The van der Waals surface area contributed by atoms with Crippen LogP contribution in [0.1, 0.15) is 39.5 Å². The lowest BCUT2D eigenvalue weighted by molar-refractivity contribution is -0.126. The van der Waals surface area contributed by atoms with Gasteiger partial charge in [-0.15, -0.1) is 0 Å². The van der Waals surface area contributed by atoms with Gasteiger partial charge in [-0.2, -0.15) is 5.48 Å². The largest absolute Gasteiger partial charge is 0.368 e. The van der Waals surface area contributed by atoms with E-state index in [1.54, 1.807) is 0 Å². The topological polar surface area (TPSA) is 64.3 Å². The summed E-state index contributed by atoms with van der Waals surface area (Å²) >= 11 is 0. The predicted octanol–water partition coefficient (Wildman–Crippen LogP) is 1.21. The van der Waals surface area contributed by atoms with Gasteiger partial charge in [-0.05, 0) is 37.5 Å². The Morgan fingerprint density at radius 2 is 2.00 bits per heavy atom. The molecular weight excluding hydrogens is 192 g/mol. The van der Waals surface area contributed by atoms with Crippen LogP contribution in [0.2, 0.25) is 0 Å². The van der Waals surface area contributed by atoms with E-state index < -0.39 is 5.91 Å². The summed E-state index contributed by atoms with van der Waals surface area (Å²) in [5.41, 5.74) is 7.88. The minimum absolute atomic E-state index is 0.0376. The Bertz CT molecular complexity index is 199. The number of hydrogen-bond donors (Lipinski definition) is 2. The molecule has 0 unspecified atom stereocenters. The van der Waals surface area contributed by atoms with Crippen molar-refractivity contribution in [3.8, 4) is 0 Å². The van der Waals surface area contributed by atoms with E-state index in [9.17, 15) is 4.79 Å². The summed E-state index contributed by atoms with van der Waals surface area (Å²) in [5.74, 6) is 1.19. The second kappa shape index (κ2) is 6.08. The molecule has 88 valence electrons. The van der Waals surface area contributed by atoms with Gasteiger partial charge in [0.15, 0.2) is 0 Å². The van der Waals surface area contributed by atoms with Crippen molar-refractivity contribution in [3.05, 3.63) is 0 Å². The first-order chi connectivity index (χ1) is 7.09. The number of nitrogens with one attached hydrogen (secondary N) is 1. The maximum atomic E-state index is 10.4. The molecule has 1 rings (SSSR count). The van der Waals surface area contributed by atoms with Crippen molar-refractivity contribution in [1.29, 1.82) is 0 Å². The zero-order chi connectivity index (χ0) is 11.3. The molecule has 1 fully saturated rings. The molecular formula is C11H22N2O2. The zero-order valence-electron chi connectivity index (χ0n) is 9.66. The lowest BCUT2D eigenvalue weighted by atomic mass is 9.80. The van der Waals surface area contributed by atoms with Crippen LogP contribution in [0.5, 0.6) is 0 Å². The summed E-state index contributed by atoms with van der Waals surface area (Å²) in [5, 5.41) is 0. The quantitative estimate of drug-likeness (QED) is 0.676.